The molecule has 0 N–H and O–H groups in total. The summed E-state index contributed by atoms with van der Waals surface area (Å²) in [7, 11) is 0. The lowest BCUT2D eigenvalue weighted by Crippen LogP contribution is -2.68. The third-order valence-corrected chi connectivity index (χ3v) is 8.18. The van der Waals surface area contributed by atoms with Crippen LogP contribution in [-0.2, 0) is 0 Å². The van der Waals surface area contributed by atoms with E-state index < -0.39 is 4.92 Å². The van der Waals surface area contributed by atoms with Crippen molar-refractivity contribution in [3.63, 3.8) is 0 Å². The van der Waals surface area contributed by atoms with Crippen molar-refractivity contribution in [2.24, 2.45) is 10.2 Å². The highest BCUT2D eigenvalue weighted by Crippen LogP contribution is 2.33. The number of aryl methyl sites for hydroxylation is 1. The van der Waals surface area contributed by atoms with Gasteiger partial charge < -0.3 is 9.38 Å². The van der Waals surface area contributed by atoms with Crippen molar-refractivity contribution in [1.29, 1.82) is 0 Å². The Labute approximate surface area is 203 Å². The highest BCUT2D eigenvalue weighted by atomic mass is 32.1. The molecule has 0 amide bonds. The van der Waals surface area contributed by atoms with Gasteiger partial charge in [-0.15, -0.1) is 10.2 Å². The van der Waals surface area contributed by atoms with Crippen LogP contribution in [0.1, 0.15) is 12.5 Å². The second-order valence-corrected chi connectivity index (χ2v) is 10.2. The number of aromatic nitrogens is 1. The summed E-state index contributed by atoms with van der Waals surface area (Å²) in [5.41, 5.74) is 3.69. The molecule has 1 aromatic heterocycles. The summed E-state index contributed by atoms with van der Waals surface area (Å²) >= 11 is 1.37. The third-order valence-electron chi connectivity index (χ3n) is 7.26. The summed E-state index contributed by atoms with van der Waals surface area (Å²) in [6.45, 7) is 15.1. The van der Waals surface area contributed by atoms with E-state index >= 15 is 0 Å². The minimum Gasteiger partial charge on any atom is -0.366 e. The lowest BCUT2D eigenvalue weighted by molar-refractivity contribution is -0.939. The topological polar surface area (TPSA) is 87.2 Å². The Morgan fingerprint density at radius 2 is 1.91 bits per heavy atom. The molecule has 0 radical (unpaired) electrons. The van der Waals surface area contributed by atoms with Gasteiger partial charge in [0, 0.05) is 44.0 Å². The van der Waals surface area contributed by atoms with Gasteiger partial charge >= 0.3 is 0 Å². The van der Waals surface area contributed by atoms with E-state index in [0.29, 0.717) is 10.6 Å². The molecule has 3 fully saturated rings. The van der Waals surface area contributed by atoms with Crippen LogP contribution in [0.2, 0.25) is 0 Å². The number of likely N-dealkylation sites (N-methyl/N-ethyl adjacent to an activating group) is 1. The maximum absolute atomic E-state index is 11.0. The van der Waals surface area contributed by atoms with Crippen LogP contribution in [0.4, 0.5) is 22.2 Å². The fourth-order valence-electron chi connectivity index (χ4n) is 4.97. The Morgan fingerprint density at radius 3 is 2.59 bits per heavy atom. The molecule has 3 aliphatic rings. The molecule has 0 spiro atoms. The zero-order valence-electron chi connectivity index (χ0n) is 19.7. The van der Waals surface area contributed by atoms with Gasteiger partial charge in [0.05, 0.1) is 53.6 Å². The van der Waals surface area contributed by atoms with Crippen molar-refractivity contribution in [3.05, 3.63) is 52.1 Å². The number of hydrogen-bond donors (Lipinski definition) is 0. The van der Waals surface area contributed by atoms with Crippen molar-refractivity contribution < 1.29 is 9.41 Å². The van der Waals surface area contributed by atoms with E-state index in [2.05, 4.69) is 51.0 Å². The van der Waals surface area contributed by atoms with E-state index in [1.54, 1.807) is 6.07 Å². The lowest BCUT2D eigenvalue weighted by atomic mass is 10.1. The van der Waals surface area contributed by atoms with E-state index in [1.807, 2.05) is 6.07 Å². The van der Waals surface area contributed by atoms with E-state index in [1.165, 1.54) is 79.5 Å². The largest absolute Gasteiger partial charge is 0.366 e. The molecular formula is C24H30N7O2S+. The number of nitro benzene ring substituents is 1. The van der Waals surface area contributed by atoms with Crippen molar-refractivity contribution in [2.75, 3.05) is 63.8 Å². The summed E-state index contributed by atoms with van der Waals surface area (Å²) in [6.07, 6.45) is 0. The number of nitro groups is 1. The number of nitrogens with zero attached hydrogens (tertiary/aromatic N) is 7. The van der Waals surface area contributed by atoms with Gasteiger partial charge in [-0.3, -0.25) is 15.0 Å². The lowest BCUT2D eigenvalue weighted by Gasteiger charge is -2.51. The number of rotatable bonds is 8. The minimum absolute atomic E-state index is 0.0283. The van der Waals surface area contributed by atoms with Gasteiger partial charge in [-0.2, -0.15) is 0 Å². The molecule has 34 heavy (non-hydrogen) atoms. The number of piperazine rings is 3. The Bertz CT molecular complexity index is 1220. The standard InChI is InChI=1S/C24H30N7O2S/c1-3-29(11-15-31-12-8-28(9-13-31)10-14-31)19-4-6-21(18(2)16-19)26-27-24-25-22-17-20(30(32)33)5-7-23(22)34-24/h4-7,16-17H,3,8-15H2,1-2H3/q+1. The normalized spacial score (nSPS) is 22.0. The molecule has 0 unspecified atom stereocenters. The second-order valence-electron chi connectivity index (χ2n) is 9.23. The van der Waals surface area contributed by atoms with Crippen molar-refractivity contribution in [1.82, 2.24) is 9.88 Å². The smallest absolute Gasteiger partial charge is 0.271 e. The third kappa shape index (κ3) is 4.66. The molecular weight excluding hydrogens is 450 g/mol. The first kappa shape index (κ1) is 22.8. The zero-order valence-corrected chi connectivity index (χ0v) is 20.5. The average molecular weight is 481 g/mol. The molecule has 9 nitrogen and oxygen atoms in total. The van der Waals surface area contributed by atoms with Gasteiger partial charge in [0.15, 0.2) is 0 Å². The first-order chi connectivity index (χ1) is 16.4. The fraction of sp³-hybridized carbons (Fsp3) is 0.458. The quantitative estimate of drug-likeness (QED) is 0.198. The van der Waals surface area contributed by atoms with Crippen LogP contribution in [0.5, 0.6) is 0 Å². The van der Waals surface area contributed by atoms with Crippen LogP contribution in [0.3, 0.4) is 0 Å². The van der Waals surface area contributed by atoms with Crippen molar-refractivity contribution >= 4 is 43.7 Å². The number of non-ortho nitro benzene ring substituents is 1. The molecule has 2 bridgehead atoms. The number of anilines is 1. The number of hydrogen-bond acceptors (Lipinski definition) is 8. The maximum atomic E-state index is 11.0. The van der Waals surface area contributed by atoms with Gasteiger partial charge in [0.25, 0.3) is 5.69 Å². The van der Waals surface area contributed by atoms with Gasteiger partial charge in [0.2, 0.25) is 5.13 Å². The van der Waals surface area contributed by atoms with Crippen molar-refractivity contribution in [3.8, 4) is 0 Å². The van der Waals surface area contributed by atoms with E-state index in [0.717, 1.165) is 29.0 Å². The minimum atomic E-state index is -0.416. The van der Waals surface area contributed by atoms with Gasteiger partial charge in [-0.1, -0.05) is 11.3 Å². The van der Waals surface area contributed by atoms with Gasteiger partial charge in [-0.25, -0.2) is 4.98 Å². The molecule has 4 heterocycles. The highest BCUT2D eigenvalue weighted by Gasteiger charge is 2.38. The highest BCUT2D eigenvalue weighted by molar-refractivity contribution is 7.21. The second kappa shape index (κ2) is 9.36. The monoisotopic (exact) mass is 480 g/mol. The first-order valence-electron chi connectivity index (χ1n) is 11.8. The summed E-state index contributed by atoms with van der Waals surface area (Å²) < 4.78 is 2.12. The van der Waals surface area contributed by atoms with Crippen LogP contribution in [0.25, 0.3) is 10.2 Å². The number of benzene rings is 2. The van der Waals surface area contributed by atoms with Crippen LogP contribution in [0, 0.1) is 17.0 Å². The molecule has 3 aliphatic heterocycles. The number of quaternary nitrogens is 1. The predicted octanol–water partition coefficient (Wildman–Crippen LogP) is 4.90. The predicted molar refractivity (Wildman–Crippen MR) is 136 cm³/mol. The zero-order chi connectivity index (χ0) is 23.7. The van der Waals surface area contributed by atoms with E-state index in [4.69, 9.17) is 0 Å². The number of fused-ring (bicyclic) bond motifs is 4. The van der Waals surface area contributed by atoms with Crippen LogP contribution in [-0.4, -0.2) is 78.2 Å². The van der Waals surface area contributed by atoms with Crippen LogP contribution < -0.4 is 4.90 Å². The Morgan fingerprint density at radius 1 is 1.15 bits per heavy atom. The Kier molecular flexibility index (Phi) is 6.28. The van der Waals surface area contributed by atoms with Crippen LogP contribution >= 0.6 is 11.3 Å². The average Bonchev–Trinajstić information content (AvgIpc) is 3.27. The van der Waals surface area contributed by atoms with E-state index in [9.17, 15) is 10.1 Å². The fourth-order valence-corrected chi connectivity index (χ4v) is 5.74. The molecule has 0 aliphatic carbocycles. The SMILES string of the molecule is CCN(CC[N+]12CCN(CC1)CC2)c1ccc(N=Nc2nc3cc([N+](=O)[O-])ccc3s2)c(C)c1. The molecule has 3 aromatic rings. The molecule has 10 heteroatoms. The maximum Gasteiger partial charge on any atom is 0.271 e. The van der Waals surface area contributed by atoms with Gasteiger partial charge in [0.1, 0.15) is 0 Å². The van der Waals surface area contributed by atoms with Crippen LogP contribution in [0.15, 0.2) is 46.6 Å². The van der Waals surface area contributed by atoms with Gasteiger partial charge in [-0.05, 0) is 43.7 Å². The summed E-state index contributed by atoms with van der Waals surface area (Å²) in [4.78, 5) is 20.0. The summed E-state index contributed by atoms with van der Waals surface area (Å²) in [5, 5.41) is 20.2. The van der Waals surface area contributed by atoms with Crippen molar-refractivity contribution in [2.45, 2.75) is 13.8 Å². The number of thiazole rings is 1. The molecule has 0 saturated carbocycles. The molecule has 178 valence electrons. The Hall–Kier alpha value is -2.95. The first-order valence-corrected chi connectivity index (χ1v) is 12.7. The van der Waals surface area contributed by atoms with E-state index in [-0.39, 0.29) is 5.69 Å². The summed E-state index contributed by atoms with van der Waals surface area (Å²) in [6, 6.07) is 11.0. The molecule has 6 rings (SSSR count). The number of azo groups is 1. The summed E-state index contributed by atoms with van der Waals surface area (Å²) in [5.74, 6) is 0. The molecule has 2 aromatic carbocycles. The molecule has 3 saturated heterocycles. The Balaban J connectivity index is 1.27. The molecule has 0 atom stereocenters.